The van der Waals surface area contributed by atoms with Crippen molar-refractivity contribution >= 4 is 0 Å². The van der Waals surface area contributed by atoms with E-state index in [1.807, 2.05) is 6.92 Å². The van der Waals surface area contributed by atoms with Crippen LogP contribution in [0.2, 0.25) is 0 Å². The molecule has 1 unspecified atom stereocenters. The Hall–Kier alpha value is -1.69. The van der Waals surface area contributed by atoms with Crippen molar-refractivity contribution in [3.05, 3.63) is 29.9 Å². The second-order valence-electron chi connectivity index (χ2n) is 3.04. The van der Waals surface area contributed by atoms with Gasteiger partial charge < -0.3 is 14.7 Å². The van der Waals surface area contributed by atoms with Crippen LogP contribution in [0, 0.1) is 6.92 Å². The average molecular weight is 193 g/mol. The summed E-state index contributed by atoms with van der Waals surface area (Å²) in [5.74, 6) is 1.71. The van der Waals surface area contributed by atoms with E-state index in [1.54, 1.807) is 24.0 Å². The van der Waals surface area contributed by atoms with Crippen LogP contribution in [0.1, 0.15) is 23.6 Å². The first kappa shape index (κ1) is 8.89. The van der Waals surface area contributed by atoms with Gasteiger partial charge in [-0.25, -0.2) is 4.98 Å². The highest BCUT2D eigenvalue weighted by Gasteiger charge is 2.18. The molecule has 0 radical (unpaired) electrons. The molecule has 6 nitrogen and oxygen atoms in total. The summed E-state index contributed by atoms with van der Waals surface area (Å²) >= 11 is 0. The molecule has 2 aromatic rings. The van der Waals surface area contributed by atoms with Crippen LogP contribution in [-0.4, -0.2) is 29.8 Å². The molecule has 0 amide bonds. The average Bonchev–Trinajstić information content (AvgIpc) is 2.77. The number of aliphatic hydroxyl groups excluding tert-OH is 1. The van der Waals surface area contributed by atoms with Gasteiger partial charge >= 0.3 is 0 Å². The standard InChI is InChI=1S/C8H11N5O/c1-5-11-12-8(13(5)2)6(14)7-9-3-4-10-7/h3-4,6,14H,1-2H3,(H,9,10). The number of aromatic nitrogens is 5. The number of H-pyrrole nitrogens is 1. The fraction of sp³-hybridized carbons (Fsp3) is 0.375. The third-order valence-corrected chi connectivity index (χ3v) is 2.15. The van der Waals surface area contributed by atoms with Gasteiger partial charge in [0.05, 0.1) is 0 Å². The molecule has 0 aliphatic rings. The molecule has 0 aliphatic carbocycles. The van der Waals surface area contributed by atoms with Crippen LogP contribution in [0.4, 0.5) is 0 Å². The SMILES string of the molecule is Cc1nnc(C(O)c2ncc[nH]2)n1C. The Kier molecular flexibility index (Phi) is 2.05. The second kappa shape index (κ2) is 3.22. The summed E-state index contributed by atoms with van der Waals surface area (Å²) in [7, 11) is 1.80. The van der Waals surface area contributed by atoms with E-state index in [2.05, 4.69) is 20.2 Å². The lowest BCUT2D eigenvalue weighted by atomic mass is 10.3. The summed E-state index contributed by atoms with van der Waals surface area (Å²) in [6, 6.07) is 0. The molecule has 0 aromatic carbocycles. The van der Waals surface area contributed by atoms with E-state index in [0.29, 0.717) is 11.6 Å². The third kappa shape index (κ3) is 1.29. The molecule has 2 aromatic heterocycles. The molecule has 0 aliphatic heterocycles. The minimum absolute atomic E-state index is 0.473. The second-order valence-corrected chi connectivity index (χ2v) is 3.04. The zero-order chi connectivity index (χ0) is 10.1. The lowest BCUT2D eigenvalue weighted by Crippen LogP contribution is -2.09. The van der Waals surface area contributed by atoms with Crippen molar-refractivity contribution in [1.29, 1.82) is 0 Å². The molecule has 0 saturated heterocycles. The van der Waals surface area contributed by atoms with Crippen molar-refractivity contribution in [2.24, 2.45) is 7.05 Å². The highest BCUT2D eigenvalue weighted by molar-refractivity contribution is 5.07. The Balaban J connectivity index is 2.36. The first-order valence-corrected chi connectivity index (χ1v) is 4.23. The van der Waals surface area contributed by atoms with Gasteiger partial charge in [-0.3, -0.25) is 0 Å². The fourth-order valence-electron chi connectivity index (χ4n) is 1.21. The largest absolute Gasteiger partial charge is 0.377 e. The molecule has 2 N–H and O–H groups in total. The summed E-state index contributed by atoms with van der Waals surface area (Å²) < 4.78 is 1.73. The lowest BCUT2D eigenvalue weighted by Gasteiger charge is -2.06. The van der Waals surface area contributed by atoms with Crippen molar-refractivity contribution in [3.8, 4) is 0 Å². The monoisotopic (exact) mass is 193 g/mol. The summed E-state index contributed by atoms with van der Waals surface area (Å²) in [5.41, 5.74) is 0. The Morgan fingerprint density at radius 1 is 1.50 bits per heavy atom. The van der Waals surface area contributed by atoms with Crippen molar-refractivity contribution in [3.63, 3.8) is 0 Å². The van der Waals surface area contributed by atoms with E-state index < -0.39 is 6.10 Å². The first-order valence-electron chi connectivity index (χ1n) is 4.23. The van der Waals surface area contributed by atoms with Crippen LogP contribution in [0.3, 0.4) is 0 Å². The Morgan fingerprint density at radius 2 is 2.29 bits per heavy atom. The van der Waals surface area contributed by atoms with E-state index in [0.717, 1.165) is 5.82 Å². The number of aryl methyl sites for hydroxylation is 1. The van der Waals surface area contributed by atoms with Gasteiger partial charge in [0.25, 0.3) is 0 Å². The Labute approximate surface area is 80.6 Å². The van der Waals surface area contributed by atoms with E-state index in [4.69, 9.17) is 0 Å². The molecule has 0 saturated carbocycles. The quantitative estimate of drug-likeness (QED) is 0.699. The molecule has 14 heavy (non-hydrogen) atoms. The molecule has 6 heteroatoms. The number of aliphatic hydroxyl groups is 1. The molecular formula is C8H11N5O. The molecule has 0 fully saturated rings. The molecule has 0 bridgehead atoms. The highest BCUT2D eigenvalue weighted by Crippen LogP contribution is 2.15. The number of nitrogens with one attached hydrogen (secondary N) is 1. The Bertz CT molecular complexity index is 419. The molecular weight excluding hydrogens is 182 g/mol. The van der Waals surface area contributed by atoms with Crippen LogP contribution in [0.5, 0.6) is 0 Å². The van der Waals surface area contributed by atoms with Gasteiger partial charge in [-0.15, -0.1) is 10.2 Å². The van der Waals surface area contributed by atoms with Crippen LogP contribution in [-0.2, 0) is 7.05 Å². The van der Waals surface area contributed by atoms with Gasteiger partial charge in [0.1, 0.15) is 11.6 Å². The van der Waals surface area contributed by atoms with Crippen LogP contribution >= 0.6 is 0 Å². The number of hydrogen-bond acceptors (Lipinski definition) is 4. The highest BCUT2D eigenvalue weighted by atomic mass is 16.3. The maximum Gasteiger partial charge on any atom is 0.171 e. The third-order valence-electron chi connectivity index (χ3n) is 2.15. The number of aromatic amines is 1. The van der Waals surface area contributed by atoms with E-state index >= 15 is 0 Å². The van der Waals surface area contributed by atoms with E-state index in [1.165, 1.54) is 0 Å². The van der Waals surface area contributed by atoms with E-state index in [-0.39, 0.29) is 0 Å². The summed E-state index contributed by atoms with van der Waals surface area (Å²) in [6.45, 7) is 1.82. The van der Waals surface area contributed by atoms with Gasteiger partial charge in [-0.05, 0) is 6.92 Å². The van der Waals surface area contributed by atoms with Crippen LogP contribution < -0.4 is 0 Å². The normalized spacial score (nSPS) is 13.1. The predicted octanol–water partition coefficient (Wildman–Crippen LogP) is -0.0717. The van der Waals surface area contributed by atoms with Gasteiger partial charge in [0, 0.05) is 19.4 Å². The van der Waals surface area contributed by atoms with E-state index in [9.17, 15) is 5.11 Å². The van der Waals surface area contributed by atoms with Crippen LogP contribution in [0.25, 0.3) is 0 Å². The predicted molar refractivity (Wildman–Crippen MR) is 48.4 cm³/mol. The van der Waals surface area contributed by atoms with Crippen molar-refractivity contribution < 1.29 is 5.11 Å². The van der Waals surface area contributed by atoms with Crippen molar-refractivity contribution in [2.75, 3.05) is 0 Å². The van der Waals surface area contributed by atoms with Gasteiger partial charge in [-0.2, -0.15) is 0 Å². The Morgan fingerprint density at radius 3 is 2.79 bits per heavy atom. The topological polar surface area (TPSA) is 79.6 Å². The van der Waals surface area contributed by atoms with Crippen molar-refractivity contribution in [1.82, 2.24) is 24.7 Å². The summed E-state index contributed by atoms with van der Waals surface area (Å²) in [4.78, 5) is 6.79. The maximum atomic E-state index is 9.86. The summed E-state index contributed by atoms with van der Waals surface area (Å²) in [5, 5.41) is 17.6. The molecule has 1 atom stereocenters. The number of rotatable bonds is 2. The van der Waals surface area contributed by atoms with Gasteiger partial charge in [0.2, 0.25) is 0 Å². The molecule has 2 rings (SSSR count). The lowest BCUT2D eigenvalue weighted by molar-refractivity contribution is 0.196. The molecule has 74 valence electrons. The first-order chi connectivity index (χ1) is 6.70. The van der Waals surface area contributed by atoms with Gasteiger partial charge in [0.15, 0.2) is 11.9 Å². The molecule has 0 spiro atoms. The summed E-state index contributed by atoms with van der Waals surface area (Å²) in [6.07, 6.45) is 2.39. The van der Waals surface area contributed by atoms with Crippen molar-refractivity contribution in [2.45, 2.75) is 13.0 Å². The minimum atomic E-state index is -0.851. The van der Waals surface area contributed by atoms with Crippen LogP contribution in [0.15, 0.2) is 12.4 Å². The van der Waals surface area contributed by atoms with Gasteiger partial charge in [-0.1, -0.05) is 0 Å². The zero-order valence-electron chi connectivity index (χ0n) is 7.97. The molecule has 2 heterocycles. The number of hydrogen-bond donors (Lipinski definition) is 2. The number of imidazole rings is 1. The minimum Gasteiger partial charge on any atom is -0.377 e. The number of nitrogens with zero attached hydrogens (tertiary/aromatic N) is 4. The zero-order valence-corrected chi connectivity index (χ0v) is 7.97. The smallest absolute Gasteiger partial charge is 0.171 e. The maximum absolute atomic E-state index is 9.86. The fourth-order valence-corrected chi connectivity index (χ4v) is 1.21.